The van der Waals surface area contributed by atoms with Gasteiger partial charge in [0.05, 0.1) is 0 Å². The van der Waals surface area contributed by atoms with Crippen LogP contribution in [0.5, 0.6) is 5.75 Å². The van der Waals surface area contributed by atoms with Crippen molar-refractivity contribution in [3.63, 3.8) is 0 Å². The molecule has 0 fully saturated rings. The highest BCUT2D eigenvalue weighted by atomic mass is 19.4. The minimum absolute atomic E-state index is 0.231. The van der Waals surface area contributed by atoms with Crippen LogP contribution in [-0.4, -0.2) is 12.8 Å². The Morgan fingerprint density at radius 2 is 1.37 bits per heavy atom. The lowest BCUT2D eigenvalue weighted by molar-refractivity contribution is -0.153. The van der Waals surface area contributed by atoms with Gasteiger partial charge in [-0.2, -0.15) is 13.2 Å². The zero-order chi connectivity index (χ0) is 13.7. The molecule has 0 bridgehead atoms. The zero-order valence-corrected chi connectivity index (χ0v) is 10.2. The van der Waals surface area contributed by atoms with E-state index >= 15 is 0 Å². The quantitative estimate of drug-likeness (QED) is 0.805. The summed E-state index contributed by atoms with van der Waals surface area (Å²) in [4.78, 5) is 0. The van der Waals surface area contributed by atoms with Gasteiger partial charge in [0.1, 0.15) is 5.75 Å². The number of rotatable bonds is 4. The molecule has 0 heterocycles. The number of halogens is 3. The molecule has 0 spiro atoms. The summed E-state index contributed by atoms with van der Waals surface area (Å²) in [6, 6.07) is 16.5. The van der Waals surface area contributed by atoms with Gasteiger partial charge in [0, 0.05) is 0 Å². The lowest BCUT2D eigenvalue weighted by atomic mass is 10.1. The monoisotopic (exact) mass is 266 g/mol. The molecule has 2 aromatic carbocycles. The Bertz CT molecular complexity index is 503. The number of alkyl halides is 3. The first-order valence-corrected chi connectivity index (χ1v) is 5.85. The van der Waals surface area contributed by atoms with Gasteiger partial charge in [-0.15, -0.1) is 0 Å². The number of hydrogen-bond acceptors (Lipinski definition) is 1. The molecule has 2 aromatic rings. The highest BCUT2D eigenvalue weighted by Gasteiger charge is 2.28. The molecule has 0 saturated carbocycles. The van der Waals surface area contributed by atoms with Crippen molar-refractivity contribution in [2.75, 3.05) is 6.61 Å². The Morgan fingerprint density at radius 1 is 0.789 bits per heavy atom. The average Bonchev–Trinajstić information content (AvgIpc) is 2.38. The second-order valence-corrected chi connectivity index (χ2v) is 4.21. The first-order valence-electron chi connectivity index (χ1n) is 5.85. The molecule has 4 heteroatoms. The fourth-order valence-electron chi connectivity index (χ4n) is 1.70. The largest absolute Gasteiger partial charge is 0.484 e. The maximum absolute atomic E-state index is 12.0. The van der Waals surface area contributed by atoms with Crippen LogP contribution in [0.1, 0.15) is 11.1 Å². The molecule has 2 rings (SSSR count). The van der Waals surface area contributed by atoms with Gasteiger partial charge in [0.25, 0.3) is 0 Å². The van der Waals surface area contributed by atoms with Gasteiger partial charge < -0.3 is 4.74 Å². The van der Waals surface area contributed by atoms with E-state index in [2.05, 4.69) is 4.74 Å². The van der Waals surface area contributed by atoms with Gasteiger partial charge in [-0.05, 0) is 29.7 Å². The molecular formula is C15H13F3O. The molecule has 0 atom stereocenters. The van der Waals surface area contributed by atoms with E-state index in [-0.39, 0.29) is 5.75 Å². The van der Waals surface area contributed by atoms with Crippen molar-refractivity contribution in [2.45, 2.75) is 12.6 Å². The van der Waals surface area contributed by atoms with E-state index in [1.54, 1.807) is 24.3 Å². The minimum Gasteiger partial charge on any atom is -0.484 e. The molecule has 0 radical (unpaired) electrons. The third-order valence-corrected chi connectivity index (χ3v) is 2.58. The molecule has 0 N–H and O–H groups in total. The van der Waals surface area contributed by atoms with Crippen LogP contribution in [0.3, 0.4) is 0 Å². The van der Waals surface area contributed by atoms with E-state index in [9.17, 15) is 13.2 Å². The van der Waals surface area contributed by atoms with Crippen molar-refractivity contribution in [2.24, 2.45) is 0 Å². The van der Waals surface area contributed by atoms with Crippen LogP contribution in [0.25, 0.3) is 0 Å². The minimum atomic E-state index is -4.30. The maximum atomic E-state index is 12.0. The summed E-state index contributed by atoms with van der Waals surface area (Å²) in [6.45, 7) is -1.26. The predicted octanol–water partition coefficient (Wildman–Crippen LogP) is 4.22. The van der Waals surface area contributed by atoms with E-state index < -0.39 is 12.8 Å². The van der Waals surface area contributed by atoms with E-state index in [4.69, 9.17) is 0 Å². The molecule has 1 nitrogen and oxygen atoms in total. The van der Waals surface area contributed by atoms with Crippen LogP contribution >= 0.6 is 0 Å². The van der Waals surface area contributed by atoms with Gasteiger partial charge in [-0.25, -0.2) is 0 Å². The molecule has 0 aliphatic rings. The van der Waals surface area contributed by atoms with Gasteiger partial charge in [-0.1, -0.05) is 42.5 Å². The summed E-state index contributed by atoms with van der Waals surface area (Å²) < 4.78 is 40.6. The Hall–Kier alpha value is -1.97. The number of benzene rings is 2. The van der Waals surface area contributed by atoms with E-state index in [0.29, 0.717) is 0 Å². The molecule has 0 amide bonds. The summed E-state index contributed by atoms with van der Waals surface area (Å²) in [5, 5.41) is 0. The van der Waals surface area contributed by atoms with E-state index in [1.807, 2.05) is 30.3 Å². The smallest absolute Gasteiger partial charge is 0.422 e. The second-order valence-electron chi connectivity index (χ2n) is 4.21. The molecule has 0 unspecified atom stereocenters. The molecule has 0 aromatic heterocycles. The Morgan fingerprint density at radius 3 is 1.95 bits per heavy atom. The average molecular weight is 266 g/mol. The summed E-state index contributed by atoms with van der Waals surface area (Å²) in [5.41, 5.74) is 2.19. The fraction of sp³-hybridized carbons (Fsp3) is 0.200. The molecule has 0 aliphatic carbocycles. The first-order chi connectivity index (χ1) is 9.03. The SMILES string of the molecule is FC(F)(F)COc1ccc(Cc2ccccc2)cc1. The van der Waals surface area contributed by atoms with Crippen molar-refractivity contribution in [1.29, 1.82) is 0 Å². The van der Waals surface area contributed by atoms with Gasteiger partial charge in [0.15, 0.2) is 6.61 Å². The van der Waals surface area contributed by atoms with Crippen LogP contribution in [0.15, 0.2) is 54.6 Å². The summed E-state index contributed by atoms with van der Waals surface area (Å²) in [5.74, 6) is 0.231. The van der Waals surface area contributed by atoms with Crippen molar-refractivity contribution in [3.05, 3.63) is 65.7 Å². The topological polar surface area (TPSA) is 9.23 Å². The lowest BCUT2D eigenvalue weighted by Crippen LogP contribution is -2.19. The molecular weight excluding hydrogens is 253 g/mol. The van der Waals surface area contributed by atoms with E-state index in [1.165, 1.54) is 0 Å². The standard InChI is InChI=1S/C15H13F3O/c16-15(17,18)11-19-14-8-6-13(7-9-14)10-12-4-2-1-3-5-12/h1-9H,10-11H2. The summed E-state index contributed by atoms with van der Waals surface area (Å²) >= 11 is 0. The molecule has 0 aliphatic heterocycles. The lowest BCUT2D eigenvalue weighted by Gasteiger charge is -2.09. The number of hydrogen-bond donors (Lipinski definition) is 0. The summed E-state index contributed by atoms with van der Waals surface area (Å²) in [6.07, 6.45) is -3.55. The first kappa shape index (κ1) is 13.5. The highest BCUT2D eigenvalue weighted by Crippen LogP contribution is 2.19. The Kier molecular flexibility index (Phi) is 4.10. The van der Waals surface area contributed by atoms with Gasteiger partial charge in [0.2, 0.25) is 0 Å². The Balaban J connectivity index is 1.95. The zero-order valence-electron chi connectivity index (χ0n) is 10.2. The molecule has 0 saturated heterocycles. The third-order valence-electron chi connectivity index (χ3n) is 2.58. The maximum Gasteiger partial charge on any atom is 0.422 e. The van der Waals surface area contributed by atoms with Crippen LogP contribution in [-0.2, 0) is 6.42 Å². The second kappa shape index (κ2) is 5.78. The van der Waals surface area contributed by atoms with E-state index in [0.717, 1.165) is 17.5 Å². The van der Waals surface area contributed by atoms with Crippen LogP contribution in [0, 0.1) is 0 Å². The molecule has 100 valence electrons. The fourth-order valence-corrected chi connectivity index (χ4v) is 1.70. The third kappa shape index (κ3) is 4.66. The number of ether oxygens (including phenoxy) is 1. The van der Waals surface area contributed by atoms with Crippen molar-refractivity contribution < 1.29 is 17.9 Å². The summed E-state index contributed by atoms with van der Waals surface area (Å²) in [7, 11) is 0. The van der Waals surface area contributed by atoms with Crippen LogP contribution in [0.2, 0.25) is 0 Å². The van der Waals surface area contributed by atoms with Crippen molar-refractivity contribution in [3.8, 4) is 5.75 Å². The van der Waals surface area contributed by atoms with Crippen molar-refractivity contribution in [1.82, 2.24) is 0 Å². The predicted molar refractivity (Wildman–Crippen MR) is 67.2 cm³/mol. The van der Waals surface area contributed by atoms with Crippen molar-refractivity contribution >= 4 is 0 Å². The van der Waals surface area contributed by atoms with Gasteiger partial charge >= 0.3 is 6.18 Å². The normalized spacial score (nSPS) is 11.3. The molecule has 19 heavy (non-hydrogen) atoms. The van der Waals surface area contributed by atoms with Gasteiger partial charge in [-0.3, -0.25) is 0 Å². The van der Waals surface area contributed by atoms with Crippen LogP contribution in [0.4, 0.5) is 13.2 Å². The van der Waals surface area contributed by atoms with Crippen LogP contribution < -0.4 is 4.74 Å². The Labute approximate surface area is 109 Å². The highest BCUT2D eigenvalue weighted by molar-refractivity contribution is 5.31.